The number of amides is 1. The number of Topliss-reactive ketones (excluding diaryl/α,β-unsaturated/α-hetero) is 1. The Balaban J connectivity index is 1.91. The van der Waals surface area contributed by atoms with Crippen molar-refractivity contribution in [1.29, 1.82) is 0 Å². The van der Waals surface area contributed by atoms with Gasteiger partial charge in [0.15, 0.2) is 5.78 Å². The second-order valence-corrected chi connectivity index (χ2v) is 6.95. The molecule has 0 bridgehead atoms. The van der Waals surface area contributed by atoms with Gasteiger partial charge in [0.2, 0.25) is 5.91 Å². The molecule has 142 valence electrons. The minimum absolute atomic E-state index is 0.0662. The number of nitrogens with zero attached hydrogens (tertiary/aromatic N) is 1. The molecule has 1 aromatic rings. The maximum atomic E-state index is 12.7. The standard InChI is InChI=1S/C20H26ClNO4/c1-2-26-20(25)13-14-22(17-5-3-4-6-17)19(24)12-11-18(23)15-7-9-16(21)10-8-15/h7-10,17H,2-6,11-14H2,1H3. The lowest BCUT2D eigenvalue weighted by Crippen LogP contribution is -2.40. The summed E-state index contributed by atoms with van der Waals surface area (Å²) in [7, 11) is 0. The molecule has 0 heterocycles. The maximum Gasteiger partial charge on any atom is 0.307 e. The van der Waals surface area contributed by atoms with Crippen molar-refractivity contribution in [2.75, 3.05) is 13.2 Å². The molecular weight excluding hydrogens is 354 g/mol. The maximum absolute atomic E-state index is 12.7. The third kappa shape index (κ3) is 6.13. The number of ether oxygens (including phenoxy) is 1. The molecule has 1 amide bonds. The average Bonchev–Trinajstić information content (AvgIpc) is 3.15. The van der Waals surface area contributed by atoms with E-state index in [0.29, 0.717) is 23.7 Å². The quantitative estimate of drug-likeness (QED) is 0.480. The lowest BCUT2D eigenvalue weighted by Gasteiger charge is -2.29. The van der Waals surface area contributed by atoms with Gasteiger partial charge >= 0.3 is 5.97 Å². The van der Waals surface area contributed by atoms with Crippen LogP contribution in [-0.4, -0.2) is 41.8 Å². The van der Waals surface area contributed by atoms with Crippen molar-refractivity contribution in [1.82, 2.24) is 4.90 Å². The Morgan fingerprint density at radius 3 is 2.35 bits per heavy atom. The van der Waals surface area contributed by atoms with Crippen LogP contribution < -0.4 is 0 Å². The van der Waals surface area contributed by atoms with E-state index in [1.807, 2.05) is 0 Å². The molecule has 0 radical (unpaired) electrons. The Labute approximate surface area is 159 Å². The van der Waals surface area contributed by atoms with Crippen molar-refractivity contribution in [2.24, 2.45) is 0 Å². The van der Waals surface area contributed by atoms with Gasteiger partial charge in [0, 0.05) is 36.0 Å². The molecule has 2 rings (SSSR count). The average molecular weight is 380 g/mol. The monoisotopic (exact) mass is 379 g/mol. The molecule has 0 spiro atoms. The van der Waals surface area contributed by atoms with Gasteiger partial charge in [-0.15, -0.1) is 0 Å². The minimum Gasteiger partial charge on any atom is -0.466 e. The summed E-state index contributed by atoms with van der Waals surface area (Å²) in [6, 6.07) is 6.85. The molecule has 1 aromatic carbocycles. The van der Waals surface area contributed by atoms with Crippen LogP contribution in [0.15, 0.2) is 24.3 Å². The molecule has 6 heteroatoms. The van der Waals surface area contributed by atoms with E-state index in [4.69, 9.17) is 16.3 Å². The number of hydrogen-bond acceptors (Lipinski definition) is 4. The summed E-state index contributed by atoms with van der Waals surface area (Å²) < 4.78 is 4.96. The molecular formula is C20H26ClNO4. The van der Waals surface area contributed by atoms with E-state index in [-0.39, 0.29) is 43.0 Å². The largest absolute Gasteiger partial charge is 0.466 e. The predicted molar refractivity (Wildman–Crippen MR) is 100 cm³/mol. The van der Waals surface area contributed by atoms with Crippen LogP contribution in [0.2, 0.25) is 5.02 Å². The molecule has 0 atom stereocenters. The fraction of sp³-hybridized carbons (Fsp3) is 0.550. The van der Waals surface area contributed by atoms with Gasteiger partial charge in [-0.3, -0.25) is 14.4 Å². The molecule has 1 saturated carbocycles. The second-order valence-electron chi connectivity index (χ2n) is 6.51. The highest BCUT2D eigenvalue weighted by atomic mass is 35.5. The third-order valence-corrected chi connectivity index (χ3v) is 4.93. The van der Waals surface area contributed by atoms with Crippen LogP contribution in [0.5, 0.6) is 0 Å². The molecule has 1 aliphatic carbocycles. The van der Waals surface area contributed by atoms with Gasteiger partial charge in [0.1, 0.15) is 0 Å². The number of ketones is 1. The zero-order valence-corrected chi connectivity index (χ0v) is 16.0. The van der Waals surface area contributed by atoms with Crippen LogP contribution in [-0.2, 0) is 14.3 Å². The Hall–Kier alpha value is -1.88. The van der Waals surface area contributed by atoms with Crippen molar-refractivity contribution in [3.05, 3.63) is 34.9 Å². The fourth-order valence-electron chi connectivity index (χ4n) is 3.32. The SMILES string of the molecule is CCOC(=O)CCN(C(=O)CCC(=O)c1ccc(Cl)cc1)C1CCCC1. The van der Waals surface area contributed by atoms with Gasteiger partial charge in [-0.1, -0.05) is 24.4 Å². The van der Waals surface area contributed by atoms with E-state index in [1.54, 1.807) is 36.1 Å². The normalized spacial score (nSPS) is 14.2. The van der Waals surface area contributed by atoms with Crippen LogP contribution in [0.25, 0.3) is 0 Å². The number of esters is 1. The summed E-state index contributed by atoms with van der Waals surface area (Å²) in [6.45, 7) is 2.46. The van der Waals surface area contributed by atoms with E-state index < -0.39 is 0 Å². The minimum atomic E-state index is -0.291. The van der Waals surface area contributed by atoms with Crippen molar-refractivity contribution in [3.63, 3.8) is 0 Å². The van der Waals surface area contributed by atoms with Gasteiger partial charge in [-0.05, 0) is 44.0 Å². The number of carbonyl (C=O) groups excluding carboxylic acids is 3. The van der Waals surface area contributed by atoms with Gasteiger partial charge in [0.25, 0.3) is 0 Å². The fourth-order valence-corrected chi connectivity index (χ4v) is 3.44. The van der Waals surface area contributed by atoms with Gasteiger partial charge in [-0.2, -0.15) is 0 Å². The summed E-state index contributed by atoms with van der Waals surface area (Å²) in [5.74, 6) is -0.434. The highest BCUT2D eigenvalue weighted by molar-refractivity contribution is 6.30. The van der Waals surface area contributed by atoms with E-state index in [2.05, 4.69) is 0 Å². The summed E-state index contributed by atoms with van der Waals surface area (Å²) in [6.07, 6.45) is 4.61. The zero-order chi connectivity index (χ0) is 18.9. The summed E-state index contributed by atoms with van der Waals surface area (Å²) in [4.78, 5) is 38.4. The van der Waals surface area contributed by atoms with Gasteiger partial charge in [-0.25, -0.2) is 0 Å². The van der Waals surface area contributed by atoms with E-state index >= 15 is 0 Å². The number of carbonyl (C=O) groups is 3. The Kier molecular flexibility index (Phi) is 8.10. The lowest BCUT2D eigenvalue weighted by atomic mass is 10.1. The molecule has 5 nitrogen and oxygen atoms in total. The lowest BCUT2D eigenvalue weighted by molar-refractivity contribution is -0.144. The number of rotatable bonds is 9. The highest BCUT2D eigenvalue weighted by Crippen LogP contribution is 2.25. The molecule has 0 saturated heterocycles. The molecule has 1 aliphatic rings. The molecule has 26 heavy (non-hydrogen) atoms. The van der Waals surface area contributed by atoms with Crippen LogP contribution in [0.1, 0.15) is 62.2 Å². The third-order valence-electron chi connectivity index (χ3n) is 4.68. The van der Waals surface area contributed by atoms with Crippen molar-refractivity contribution >= 4 is 29.3 Å². The molecule has 0 aliphatic heterocycles. The summed E-state index contributed by atoms with van der Waals surface area (Å²) in [5.41, 5.74) is 0.557. The van der Waals surface area contributed by atoms with Crippen LogP contribution in [0.4, 0.5) is 0 Å². The topological polar surface area (TPSA) is 63.7 Å². The number of hydrogen-bond donors (Lipinski definition) is 0. The van der Waals surface area contributed by atoms with Crippen molar-refractivity contribution < 1.29 is 19.1 Å². The van der Waals surface area contributed by atoms with Gasteiger partial charge < -0.3 is 9.64 Å². The molecule has 0 aromatic heterocycles. The Bertz CT molecular complexity index is 623. The smallest absolute Gasteiger partial charge is 0.307 e. The first kappa shape index (κ1) is 20.4. The zero-order valence-electron chi connectivity index (χ0n) is 15.2. The summed E-state index contributed by atoms with van der Waals surface area (Å²) >= 11 is 5.83. The van der Waals surface area contributed by atoms with E-state index in [9.17, 15) is 14.4 Å². The van der Waals surface area contributed by atoms with E-state index in [0.717, 1.165) is 25.7 Å². The van der Waals surface area contributed by atoms with Crippen molar-refractivity contribution in [2.45, 2.75) is 57.9 Å². The molecule has 1 fully saturated rings. The van der Waals surface area contributed by atoms with E-state index in [1.165, 1.54) is 0 Å². The molecule has 0 unspecified atom stereocenters. The van der Waals surface area contributed by atoms with Crippen LogP contribution in [0, 0.1) is 0 Å². The van der Waals surface area contributed by atoms with Crippen LogP contribution in [0.3, 0.4) is 0 Å². The Morgan fingerprint density at radius 1 is 1.08 bits per heavy atom. The second kappa shape index (κ2) is 10.3. The van der Waals surface area contributed by atoms with Crippen molar-refractivity contribution in [3.8, 4) is 0 Å². The first-order chi connectivity index (χ1) is 12.5. The number of benzene rings is 1. The molecule has 0 N–H and O–H groups in total. The number of halogens is 1. The first-order valence-corrected chi connectivity index (χ1v) is 9.63. The summed E-state index contributed by atoms with van der Waals surface area (Å²) in [5, 5.41) is 0.573. The van der Waals surface area contributed by atoms with Crippen LogP contribution >= 0.6 is 11.6 Å². The first-order valence-electron chi connectivity index (χ1n) is 9.25. The predicted octanol–water partition coefficient (Wildman–Crippen LogP) is 4.03. The Morgan fingerprint density at radius 2 is 1.73 bits per heavy atom. The highest BCUT2D eigenvalue weighted by Gasteiger charge is 2.27. The van der Waals surface area contributed by atoms with Gasteiger partial charge in [0.05, 0.1) is 13.0 Å².